The lowest BCUT2D eigenvalue weighted by molar-refractivity contribution is -0.306. The molecule has 0 fully saturated rings. The van der Waals surface area contributed by atoms with E-state index >= 15 is 0 Å². The van der Waals surface area contributed by atoms with Crippen LogP contribution in [-0.2, 0) is 16.0 Å². The number of carbonyl (C=O) groups is 2. The van der Waals surface area contributed by atoms with E-state index in [1.165, 1.54) is 5.56 Å². The van der Waals surface area contributed by atoms with E-state index in [1.54, 1.807) is 31.2 Å². The molecule has 5 heteroatoms. The van der Waals surface area contributed by atoms with Gasteiger partial charge in [0.2, 0.25) is 5.91 Å². The SMILES string of the molecule is C[C@H](CC(=O)[O-])CC(=O)Nc1ccc(OCCc2ccccc2)cc1. The smallest absolute Gasteiger partial charge is 0.224 e. The van der Waals surface area contributed by atoms with Crippen molar-refractivity contribution in [2.45, 2.75) is 26.2 Å². The highest BCUT2D eigenvalue weighted by molar-refractivity contribution is 5.91. The Morgan fingerprint density at radius 1 is 1.04 bits per heavy atom. The van der Waals surface area contributed by atoms with Crippen molar-refractivity contribution in [1.29, 1.82) is 0 Å². The summed E-state index contributed by atoms with van der Waals surface area (Å²) in [6, 6.07) is 17.2. The molecule has 1 amide bonds. The molecule has 0 radical (unpaired) electrons. The summed E-state index contributed by atoms with van der Waals surface area (Å²) in [6.07, 6.45) is 0.848. The molecule has 0 bridgehead atoms. The molecule has 1 atom stereocenters. The Bertz CT molecular complexity index is 683. The maximum absolute atomic E-state index is 11.9. The van der Waals surface area contributed by atoms with E-state index in [1.807, 2.05) is 18.2 Å². The van der Waals surface area contributed by atoms with Gasteiger partial charge in [-0.3, -0.25) is 4.79 Å². The molecule has 0 spiro atoms. The summed E-state index contributed by atoms with van der Waals surface area (Å²) >= 11 is 0. The lowest BCUT2D eigenvalue weighted by Gasteiger charge is -2.12. The summed E-state index contributed by atoms with van der Waals surface area (Å²) in [6.45, 7) is 2.29. The van der Waals surface area contributed by atoms with E-state index < -0.39 is 5.97 Å². The quantitative estimate of drug-likeness (QED) is 0.760. The summed E-state index contributed by atoms with van der Waals surface area (Å²) in [4.78, 5) is 22.4. The van der Waals surface area contributed by atoms with E-state index in [-0.39, 0.29) is 24.7 Å². The largest absolute Gasteiger partial charge is 0.550 e. The minimum atomic E-state index is -1.14. The predicted molar refractivity (Wildman–Crippen MR) is 94.1 cm³/mol. The molecule has 2 aromatic rings. The molecule has 2 aromatic carbocycles. The topological polar surface area (TPSA) is 78.5 Å². The first-order chi connectivity index (χ1) is 12.0. The molecule has 0 saturated carbocycles. The van der Waals surface area contributed by atoms with Gasteiger partial charge >= 0.3 is 0 Å². The third-order valence-electron chi connectivity index (χ3n) is 3.69. The summed E-state index contributed by atoms with van der Waals surface area (Å²) < 4.78 is 5.69. The maximum atomic E-state index is 11.9. The van der Waals surface area contributed by atoms with Crippen LogP contribution in [0.2, 0.25) is 0 Å². The Morgan fingerprint density at radius 2 is 1.72 bits per heavy atom. The van der Waals surface area contributed by atoms with Crippen LogP contribution in [0.4, 0.5) is 5.69 Å². The molecule has 0 aliphatic rings. The van der Waals surface area contributed by atoms with Gasteiger partial charge in [-0.15, -0.1) is 0 Å². The van der Waals surface area contributed by atoms with Crippen molar-refractivity contribution >= 4 is 17.6 Å². The molecule has 1 N–H and O–H groups in total. The molecule has 0 saturated heterocycles. The first-order valence-corrected chi connectivity index (χ1v) is 8.29. The van der Waals surface area contributed by atoms with Crippen LogP contribution in [0.5, 0.6) is 5.75 Å². The van der Waals surface area contributed by atoms with Crippen LogP contribution in [0.3, 0.4) is 0 Å². The number of amides is 1. The number of carbonyl (C=O) groups excluding carboxylic acids is 2. The van der Waals surface area contributed by atoms with Crippen molar-refractivity contribution in [2.75, 3.05) is 11.9 Å². The summed E-state index contributed by atoms with van der Waals surface area (Å²) in [5.74, 6) is -0.881. The van der Waals surface area contributed by atoms with Crippen molar-refractivity contribution in [1.82, 2.24) is 0 Å². The summed E-state index contributed by atoms with van der Waals surface area (Å²) in [5.41, 5.74) is 1.87. The van der Waals surface area contributed by atoms with Crippen LogP contribution in [0.15, 0.2) is 54.6 Å². The van der Waals surface area contributed by atoms with Gasteiger partial charge < -0.3 is 20.0 Å². The molecule has 0 aliphatic carbocycles. The molecule has 25 heavy (non-hydrogen) atoms. The van der Waals surface area contributed by atoms with E-state index in [0.717, 1.165) is 12.2 Å². The number of rotatable bonds is 9. The van der Waals surface area contributed by atoms with Crippen LogP contribution in [0.1, 0.15) is 25.3 Å². The number of carboxylic acid groups (broad SMARTS) is 1. The highest BCUT2D eigenvalue weighted by atomic mass is 16.5. The summed E-state index contributed by atoms with van der Waals surface area (Å²) in [5, 5.41) is 13.3. The third kappa shape index (κ3) is 7.08. The Balaban J connectivity index is 1.75. The van der Waals surface area contributed by atoms with Gasteiger partial charge in [0.15, 0.2) is 0 Å². The molecule has 132 valence electrons. The minimum Gasteiger partial charge on any atom is -0.550 e. The number of anilines is 1. The Morgan fingerprint density at radius 3 is 2.36 bits per heavy atom. The Hall–Kier alpha value is -2.82. The summed E-state index contributed by atoms with van der Waals surface area (Å²) in [7, 11) is 0. The fourth-order valence-corrected chi connectivity index (χ4v) is 2.45. The van der Waals surface area contributed by atoms with Crippen LogP contribution in [0, 0.1) is 5.92 Å². The fourth-order valence-electron chi connectivity index (χ4n) is 2.45. The van der Waals surface area contributed by atoms with Gasteiger partial charge in [-0.1, -0.05) is 37.3 Å². The maximum Gasteiger partial charge on any atom is 0.224 e. The zero-order chi connectivity index (χ0) is 18.1. The van der Waals surface area contributed by atoms with E-state index in [4.69, 9.17) is 4.74 Å². The number of hydrogen-bond donors (Lipinski definition) is 1. The minimum absolute atomic E-state index is 0.123. The van der Waals surface area contributed by atoms with Gasteiger partial charge in [0.25, 0.3) is 0 Å². The van der Waals surface area contributed by atoms with Gasteiger partial charge in [-0.25, -0.2) is 0 Å². The first kappa shape index (κ1) is 18.5. The van der Waals surface area contributed by atoms with Gasteiger partial charge in [-0.2, -0.15) is 0 Å². The second-order valence-electron chi connectivity index (χ2n) is 6.04. The number of nitrogens with one attached hydrogen (secondary N) is 1. The lowest BCUT2D eigenvalue weighted by Crippen LogP contribution is -2.26. The molecule has 0 heterocycles. The van der Waals surface area contributed by atoms with Crippen molar-refractivity contribution < 1.29 is 19.4 Å². The number of hydrogen-bond acceptors (Lipinski definition) is 4. The van der Waals surface area contributed by atoms with Crippen LogP contribution >= 0.6 is 0 Å². The van der Waals surface area contributed by atoms with Crippen molar-refractivity contribution in [3.63, 3.8) is 0 Å². The zero-order valence-corrected chi connectivity index (χ0v) is 14.2. The molecular formula is C20H22NO4-. The highest BCUT2D eigenvalue weighted by Gasteiger charge is 2.09. The molecule has 0 unspecified atom stereocenters. The monoisotopic (exact) mass is 340 g/mol. The van der Waals surface area contributed by atoms with E-state index in [9.17, 15) is 14.7 Å². The zero-order valence-electron chi connectivity index (χ0n) is 14.2. The molecule has 5 nitrogen and oxygen atoms in total. The van der Waals surface area contributed by atoms with Crippen LogP contribution in [-0.4, -0.2) is 18.5 Å². The van der Waals surface area contributed by atoms with Crippen molar-refractivity contribution in [3.05, 3.63) is 60.2 Å². The second kappa shape index (κ2) is 9.47. The lowest BCUT2D eigenvalue weighted by atomic mass is 10.0. The normalized spacial score (nSPS) is 11.6. The van der Waals surface area contributed by atoms with Crippen LogP contribution < -0.4 is 15.2 Å². The molecular weight excluding hydrogens is 318 g/mol. The predicted octanol–water partition coefficient (Wildman–Crippen LogP) is 2.41. The average molecular weight is 340 g/mol. The van der Waals surface area contributed by atoms with Gasteiger partial charge in [0, 0.05) is 24.5 Å². The number of aliphatic carboxylic acids is 1. The fraction of sp³-hybridized carbons (Fsp3) is 0.300. The molecule has 2 rings (SSSR count). The van der Waals surface area contributed by atoms with E-state index in [2.05, 4.69) is 17.4 Å². The Labute approximate surface area is 147 Å². The highest BCUT2D eigenvalue weighted by Crippen LogP contribution is 2.17. The Kier molecular flexibility index (Phi) is 7.01. The van der Waals surface area contributed by atoms with Gasteiger partial charge in [0.05, 0.1) is 6.61 Å². The van der Waals surface area contributed by atoms with E-state index in [0.29, 0.717) is 12.3 Å². The second-order valence-corrected chi connectivity index (χ2v) is 6.04. The number of ether oxygens (including phenoxy) is 1. The number of benzene rings is 2. The first-order valence-electron chi connectivity index (χ1n) is 8.29. The molecule has 0 aliphatic heterocycles. The molecule has 0 aromatic heterocycles. The van der Waals surface area contributed by atoms with Crippen molar-refractivity contribution in [3.8, 4) is 5.75 Å². The third-order valence-corrected chi connectivity index (χ3v) is 3.69. The standard InChI is InChI=1S/C20H23NO4/c1-15(14-20(23)24)13-19(22)21-17-7-9-18(10-8-17)25-12-11-16-5-3-2-4-6-16/h2-10,15H,11-14H2,1H3,(H,21,22)(H,23,24)/p-1/t15-/m0/s1. The van der Waals surface area contributed by atoms with Gasteiger partial charge in [-0.05, 0) is 42.2 Å². The van der Waals surface area contributed by atoms with Gasteiger partial charge in [0.1, 0.15) is 5.75 Å². The number of carboxylic acids is 1. The van der Waals surface area contributed by atoms with Crippen LogP contribution in [0.25, 0.3) is 0 Å². The average Bonchev–Trinajstić information content (AvgIpc) is 2.56. The van der Waals surface area contributed by atoms with Crippen molar-refractivity contribution in [2.24, 2.45) is 5.92 Å².